The standard InChI is InChI=1S/C25H21ClF6N2/c26-20-10-8-17(9-11-20)15-33-16-23(18-4-3-5-19(14-18)25(30,31)32)34(13-12-24(27,28)29)22-7-2-1-6-21(22)33/h1-11,14,23H,12-13,15-16H2/t23-/m0/s1. The number of hydrogen-bond donors (Lipinski definition) is 0. The van der Waals surface area contributed by atoms with Gasteiger partial charge in [-0.2, -0.15) is 26.3 Å². The SMILES string of the molecule is FC(F)(F)CCN1c2ccccc2N(Cc2ccc(Cl)cc2)C[C@H]1c1cccc(C(F)(F)F)c1. The summed E-state index contributed by atoms with van der Waals surface area (Å²) < 4.78 is 79.6. The maximum Gasteiger partial charge on any atom is 0.416 e. The molecule has 0 fully saturated rings. The molecule has 0 N–H and O–H groups in total. The van der Waals surface area contributed by atoms with Crippen LogP contribution >= 0.6 is 11.6 Å². The predicted octanol–water partition coefficient (Wildman–Crippen LogP) is 7.88. The number of halogens is 7. The molecule has 180 valence electrons. The van der Waals surface area contributed by atoms with Crippen LogP contribution < -0.4 is 9.80 Å². The Morgan fingerprint density at radius 2 is 1.50 bits per heavy atom. The summed E-state index contributed by atoms with van der Waals surface area (Å²) >= 11 is 5.98. The second kappa shape index (κ2) is 9.41. The third kappa shape index (κ3) is 5.60. The molecule has 0 saturated carbocycles. The highest BCUT2D eigenvalue weighted by atomic mass is 35.5. The zero-order valence-corrected chi connectivity index (χ0v) is 18.6. The van der Waals surface area contributed by atoms with E-state index in [4.69, 9.17) is 11.6 Å². The fourth-order valence-corrected chi connectivity index (χ4v) is 4.37. The predicted molar refractivity (Wildman–Crippen MR) is 121 cm³/mol. The van der Waals surface area contributed by atoms with E-state index < -0.39 is 30.4 Å². The summed E-state index contributed by atoms with van der Waals surface area (Å²) in [5, 5.41) is 0.572. The van der Waals surface area contributed by atoms with Crippen molar-refractivity contribution in [1.29, 1.82) is 0 Å². The average molecular weight is 499 g/mol. The Bertz CT molecular complexity index is 1130. The Morgan fingerprint density at radius 1 is 0.824 bits per heavy atom. The summed E-state index contributed by atoms with van der Waals surface area (Å²) in [5.74, 6) is 0. The number of hydrogen-bond acceptors (Lipinski definition) is 2. The molecule has 1 aliphatic heterocycles. The van der Waals surface area contributed by atoms with Crippen molar-refractivity contribution in [2.24, 2.45) is 0 Å². The Kier molecular flexibility index (Phi) is 6.71. The molecule has 34 heavy (non-hydrogen) atoms. The van der Waals surface area contributed by atoms with Gasteiger partial charge in [-0.3, -0.25) is 0 Å². The molecule has 2 nitrogen and oxygen atoms in total. The zero-order valence-electron chi connectivity index (χ0n) is 17.9. The van der Waals surface area contributed by atoms with Gasteiger partial charge < -0.3 is 9.80 Å². The molecule has 4 rings (SSSR count). The van der Waals surface area contributed by atoms with E-state index in [1.807, 2.05) is 23.1 Å². The van der Waals surface area contributed by atoms with Gasteiger partial charge in [0.1, 0.15) is 0 Å². The molecule has 1 aliphatic rings. The second-order valence-corrected chi connectivity index (χ2v) is 8.63. The van der Waals surface area contributed by atoms with Gasteiger partial charge in [0.25, 0.3) is 0 Å². The highest BCUT2D eigenvalue weighted by Gasteiger charge is 2.37. The highest BCUT2D eigenvalue weighted by molar-refractivity contribution is 6.30. The van der Waals surface area contributed by atoms with E-state index in [0.717, 1.165) is 23.4 Å². The van der Waals surface area contributed by atoms with E-state index in [2.05, 4.69) is 0 Å². The number of alkyl halides is 6. The topological polar surface area (TPSA) is 6.48 Å². The van der Waals surface area contributed by atoms with Crippen LogP contribution in [0.25, 0.3) is 0 Å². The van der Waals surface area contributed by atoms with Crippen molar-refractivity contribution < 1.29 is 26.3 Å². The number of fused-ring (bicyclic) bond motifs is 1. The molecule has 0 aliphatic carbocycles. The van der Waals surface area contributed by atoms with Gasteiger partial charge in [-0.15, -0.1) is 0 Å². The first-order valence-electron chi connectivity index (χ1n) is 10.6. The van der Waals surface area contributed by atoms with Crippen LogP contribution in [0.3, 0.4) is 0 Å². The van der Waals surface area contributed by atoms with Crippen molar-refractivity contribution in [3.63, 3.8) is 0 Å². The number of para-hydroxylation sites is 2. The van der Waals surface area contributed by atoms with Crippen LogP contribution in [-0.2, 0) is 12.7 Å². The summed E-state index contributed by atoms with van der Waals surface area (Å²) in [5.41, 5.74) is 1.68. The number of rotatable bonds is 5. The minimum Gasteiger partial charge on any atom is -0.363 e. The van der Waals surface area contributed by atoms with Gasteiger partial charge in [0, 0.05) is 24.7 Å². The number of anilines is 2. The molecule has 3 aromatic rings. The van der Waals surface area contributed by atoms with Crippen molar-refractivity contribution in [3.05, 3.63) is 94.5 Å². The van der Waals surface area contributed by atoms with Gasteiger partial charge in [-0.05, 0) is 47.5 Å². The van der Waals surface area contributed by atoms with Gasteiger partial charge in [0.15, 0.2) is 0 Å². The number of benzene rings is 3. The third-order valence-electron chi connectivity index (χ3n) is 5.82. The molecule has 0 unspecified atom stereocenters. The van der Waals surface area contributed by atoms with Crippen LogP contribution in [0.1, 0.15) is 29.2 Å². The van der Waals surface area contributed by atoms with Crippen molar-refractivity contribution in [2.45, 2.75) is 31.4 Å². The monoisotopic (exact) mass is 498 g/mol. The average Bonchev–Trinajstić information content (AvgIpc) is 2.78. The Balaban J connectivity index is 1.76. The highest BCUT2D eigenvalue weighted by Crippen LogP contribution is 2.43. The van der Waals surface area contributed by atoms with E-state index in [9.17, 15) is 26.3 Å². The minimum atomic E-state index is -4.55. The summed E-state index contributed by atoms with van der Waals surface area (Å²) in [4.78, 5) is 3.55. The Morgan fingerprint density at radius 3 is 2.15 bits per heavy atom. The Hall–Kier alpha value is -2.87. The van der Waals surface area contributed by atoms with Gasteiger partial charge in [-0.25, -0.2) is 0 Å². The number of nitrogens with zero attached hydrogens (tertiary/aromatic N) is 2. The molecule has 0 saturated heterocycles. The van der Waals surface area contributed by atoms with Gasteiger partial charge >= 0.3 is 12.4 Å². The summed E-state index contributed by atoms with van der Waals surface area (Å²) in [6.45, 7) is 0.284. The van der Waals surface area contributed by atoms with Crippen molar-refractivity contribution in [3.8, 4) is 0 Å². The van der Waals surface area contributed by atoms with Gasteiger partial charge in [0.2, 0.25) is 0 Å². The van der Waals surface area contributed by atoms with E-state index in [1.165, 1.54) is 12.1 Å². The van der Waals surface area contributed by atoms with Crippen molar-refractivity contribution >= 4 is 23.0 Å². The van der Waals surface area contributed by atoms with E-state index >= 15 is 0 Å². The van der Waals surface area contributed by atoms with Crippen molar-refractivity contribution in [1.82, 2.24) is 0 Å². The first-order chi connectivity index (χ1) is 16.0. The largest absolute Gasteiger partial charge is 0.416 e. The molecule has 1 atom stereocenters. The minimum absolute atomic E-state index is 0.221. The van der Waals surface area contributed by atoms with Crippen LogP contribution in [0.5, 0.6) is 0 Å². The second-order valence-electron chi connectivity index (χ2n) is 8.19. The smallest absolute Gasteiger partial charge is 0.363 e. The van der Waals surface area contributed by atoms with E-state index in [1.54, 1.807) is 35.2 Å². The van der Waals surface area contributed by atoms with Gasteiger partial charge in [-0.1, -0.05) is 48.0 Å². The lowest BCUT2D eigenvalue weighted by Gasteiger charge is -2.45. The quantitative estimate of drug-likeness (QED) is 0.330. The lowest BCUT2D eigenvalue weighted by molar-refractivity contribution is -0.137. The third-order valence-corrected chi connectivity index (χ3v) is 6.07. The maximum absolute atomic E-state index is 13.4. The van der Waals surface area contributed by atoms with Crippen LogP contribution in [0.2, 0.25) is 5.02 Å². The fraction of sp³-hybridized carbons (Fsp3) is 0.280. The molecule has 0 aromatic heterocycles. The fourth-order valence-electron chi connectivity index (χ4n) is 4.24. The van der Waals surface area contributed by atoms with E-state index in [-0.39, 0.29) is 13.1 Å². The lowest BCUT2D eigenvalue weighted by Crippen LogP contribution is -2.44. The summed E-state index contributed by atoms with van der Waals surface area (Å²) in [6.07, 6.45) is -10.0. The summed E-state index contributed by atoms with van der Waals surface area (Å²) in [7, 11) is 0. The zero-order chi connectivity index (χ0) is 24.5. The molecule has 0 radical (unpaired) electrons. The normalized spacial score (nSPS) is 16.5. The van der Waals surface area contributed by atoms with Crippen LogP contribution in [0.4, 0.5) is 37.7 Å². The molecule has 9 heteroatoms. The first kappa shape index (κ1) is 24.3. The van der Waals surface area contributed by atoms with Crippen molar-refractivity contribution in [2.75, 3.05) is 22.9 Å². The Labute approximate surface area is 198 Å². The molecule has 1 heterocycles. The molecule has 0 bridgehead atoms. The van der Waals surface area contributed by atoms with E-state index in [0.29, 0.717) is 22.8 Å². The van der Waals surface area contributed by atoms with Crippen LogP contribution in [0, 0.1) is 0 Å². The molecular formula is C25H21ClF6N2. The van der Waals surface area contributed by atoms with Crippen LogP contribution in [-0.4, -0.2) is 19.3 Å². The molecular weight excluding hydrogens is 478 g/mol. The summed E-state index contributed by atoms with van der Waals surface area (Å²) in [6, 6.07) is 18.3. The molecule has 0 amide bonds. The lowest BCUT2D eigenvalue weighted by atomic mass is 9.97. The van der Waals surface area contributed by atoms with Crippen LogP contribution in [0.15, 0.2) is 72.8 Å². The molecule has 0 spiro atoms. The molecule has 3 aromatic carbocycles. The van der Waals surface area contributed by atoms with Gasteiger partial charge in [0.05, 0.1) is 29.4 Å². The maximum atomic E-state index is 13.4. The first-order valence-corrected chi connectivity index (χ1v) is 11.0.